The molecule has 0 bridgehead atoms. The van der Waals surface area contributed by atoms with Crippen molar-refractivity contribution >= 4 is 22.5 Å². The standard InChI is InChI=1S/C43H42ClNO5/c1-30-22-35-36(24-45-39(35)37(44)23-30)40-42(48-27-33-18-10-4-11-19-33)43(49-28-34-20-12-5-13-21-34)41(47-26-32-16-8-3-9-17-32)38(50-40)29-46-25-31-14-6-2-7-15-31/h2-24,38,40-43,45H,25-29H2,1H3/t38-,40+,41-,42+,43+/m1/s1. The van der Waals surface area contributed by atoms with Gasteiger partial charge in [-0.2, -0.15) is 0 Å². The van der Waals surface area contributed by atoms with Gasteiger partial charge in [-0.05, 0) is 46.9 Å². The zero-order chi connectivity index (χ0) is 34.1. The third kappa shape index (κ3) is 8.36. The quantitative estimate of drug-likeness (QED) is 0.124. The number of aryl methyl sites for hydroxylation is 1. The number of nitrogens with one attached hydrogen (secondary N) is 1. The zero-order valence-electron chi connectivity index (χ0n) is 28.1. The summed E-state index contributed by atoms with van der Waals surface area (Å²) in [6.07, 6.45) is -0.577. The summed E-state index contributed by atoms with van der Waals surface area (Å²) in [5.74, 6) is 0. The van der Waals surface area contributed by atoms with E-state index in [4.69, 9.17) is 35.3 Å². The minimum atomic E-state index is -0.539. The van der Waals surface area contributed by atoms with Gasteiger partial charge in [0.05, 0.1) is 43.6 Å². The molecule has 1 N–H and O–H groups in total. The Morgan fingerprint density at radius 1 is 0.600 bits per heavy atom. The largest absolute Gasteiger partial charge is 0.374 e. The second-order valence-electron chi connectivity index (χ2n) is 12.8. The fourth-order valence-corrected chi connectivity index (χ4v) is 6.95. The molecule has 0 unspecified atom stereocenters. The number of hydrogen-bond acceptors (Lipinski definition) is 5. The lowest BCUT2D eigenvalue weighted by Gasteiger charge is -2.46. The van der Waals surface area contributed by atoms with Crippen molar-refractivity contribution in [3.05, 3.63) is 178 Å². The summed E-state index contributed by atoms with van der Waals surface area (Å²) in [5, 5.41) is 1.65. The summed E-state index contributed by atoms with van der Waals surface area (Å²) in [6.45, 7) is 3.93. The van der Waals surface area contributed by atoms with E-state index in [2.05, 4.69) is 59.6 Å². The van der Waals surface area contributed by atoms with Crippen molar-refractivity contribution < 1.29 is 23.7 Å². The van der Waals surface area contributed by atoms with Crippen LogP contribution in [0.5, 0.6) is 0 Å². The van der Waals surface area contributed by atoms with Crippen LogP contribution in [0.25, 0.3) is 10.9 Å². The Bertz CT molecular complexity index is 1920. The Morgan fingerprint density at radius 2 is 1.08 bits per heavy atom. The average molecular weight is 688 g/mol. The van der Waals surface area contributed by atoms with Crippen LogP contribution >= 0.6 is 11.6 Å². The molecule has 50 heavy (non-hydrogen) atoms. The topological polar surface area (TPSA) is 61.9 Å². The molecule has 1 saturated heterocycles. The van der Waals surface area contributed by atoms with Crippen LogP contribution in [0.1, 0.15) is 39.5 Å². The Labute approximate surface area is 298 Å². The summed E-state index contributed by atoms with van der Waals surface area (Å²) < 4.78 is 34.2. The number of rotatable bonds is 14. The molecule has 1 fully saturated rings. The van der Waals surface area contributed by atoms with Crippen LogP contribution in [0.2, 0.25) is 5.02 Å². The van der Waals surface area contributed by atoms with Crippen molar-refractivity contribution in [1.29, 1.82) is 0 Å². The molecule has 1 aliphatic rings. The Morgan fingerprint density at radius 3 is 1.62 bits per heavy atom. The van der Waals surface area contributed by atoms with Gasteiger partial charge >= 0.3 is 0 Å². The van der Waals surface area contributed by atoms with Gasteiger partial charge in [-0.15, -0.1) is 0 Å². The number of hydrogen-bond donors (Lipinski definition) is 1. The number of ether oxygens (including phenoxy) is 5. The van der Waals surface area contributed by atoms with Crippen molar-refractivity contribution in [2.75, 3.05) is 6.61 Å². The van der Waals surface area contributed by atoms with Gasteiger partial charge < -0.3 is 28.7 Å². The lowest BCUT2D eigenvalue weighted by atomic mass is 9.90. The second-order valence-corrected chi connectivity index (χ2v) is 13.2. The SMILES string of the molecule is Cc1cc(Cl)c2[nH]cc([C@@H]3O[C@H](COCc4ccccc4)[C@@H](OCc4ccccc4)[C@H](OCc4ccccc4)[C@H]3OCc3ccccc3)c2c1. The van der Waals surface area contributed by atoms with Gasteiger partial charge in [0, 0.05) is 17.1 Å². The van der Waals surface area contributed by atoms with Crippen LogP contribution in [0.4, 0.5) is 0 Å². The first kappa shape index (κ1) is 34.2. The monoisotopic (exact) mass is 687 g/mol. The van der Waals surface area contributed by atoms with Crippen molar-refractivity contribution in [1.82, 2.24) is 4.98 Å². The van der Waals surface area contributed by atoms with Gasteiger partial charge in [-0.25, -0.2) is 0 Å². The molecule has 6 aromatic rings. The molecule has 1 aromatic heterocycles. The summed E-state index contributed by atoms with van der Waals surface area (Å²) in [4.78, 5) is 3.41. The number of aromatic amines is 1. The number of halogens is 1. The molecule has 7 heteroatoms. The molecule has 7 rings (SSSR count). The summed E-state index contributed by atoms with van der Waals surface area (Å²) in [6, 6.07) is 44.8. The van der Waals surface area contributed by atoms with Crippen LogP contribution in [-0.2, 0) is 50.1 Å². The van der Waals surface area contributed by atoms with Crippen molar-refractivity contribution in [3.8, 4) is 0 Å². The van der Waals surface area contributed by atoms with E-state index >= 15 is 0 Å². The highest BCUT2D eigenvalue weighted by Crippen LogP contribution is 2.42. The van der Waals surface area contributed by atoms with Gasteiger partial charge in [0.1, 0.15) is 30.5 Å². The lowest BCUT2D eigenvalue weighted by Crippen LogP contribution is -2.58. The molecule has 2 heterocycles. The predicted molar refractivity (Wildman–Crippen MR) is 197 cm³/mol. The Kier molecular flexibility index (Phi) is 11.4. The number of benzene rings is 5. The third-order valence-corrected chi connectivity index (χ3v) is 9.41. The summed E-state index contributed by atoms with van der Waals surface area (Å²) in [5.41, 5.74) is 7.13. The normalized spacial score (nSPS) is 20.6. The first-order valence-electron chi connectivity index (χ1n) is 17.1. The highest BCUT2D eigenvalue weighted by molar-refractivity contribution is 6.35. The minimum absolute atomic E-state index is 0.295. The molecule has 0 aliphatic carbocycles. The van der Waals surface area contributed by atoms with E-state index in [0.717, 1.165) is 44.3 Å². The number of fused-ring (bicyclic) bond motifs is 1. The van der Waals surface area contributed by atoms with E-state index in [1.165, 1.54) is 0 Å². The van der Waals surface area contributed by atoms with E-state index in [9.17, 15) is 0 Å². The molecule has 0 amide bonds. The van der Waals surface area contributed by atoms with E-state index in [1.807, 2.05) is 92.0 Å². The molecule has 0 saturated carbocycles. The molecule has 256 valence electrons. The van der Waals surface area contributed by atoms with Crippen LogP contribution in [-0.4, -0.2) is 36.0 Å². The molecule has 0 spiro atoms. The Hall–Kier alpha value is -4.27. The highest BCUT2D eigenvalue weighted by atomic mass is 35.5. The van der Waals surface area contributed by atoms with Crippen molar-refractivity contribution in [3.63, 3.8) is 0 Å². The fraction of sp³-hybridized carbons (Fsp3) is 0.256. The Balaban J connectivity index is 1.28. The molecular formula is C43H42ClNO5. The fourth-order valence-electron chi connectivity index (χ4n) is 6.62. The second kappa shape index (κ2) is 16.6. The average Bonchev–Trinajstić information content (AvgIpc) is 3.58. The smallest absolute Gasteiger partial charge is 0.117 e. The van der Waals surface area contributed by atoms with Gasteiger partial charge in [-0.3, -0.25) is 0 Å². The third-order valence-electron chi connectivity index (χ3n) is 9.11. The maximum absolute atomic E-state index is 7.12. The molecule has 1 aliphatic heterocycles. The maximum Gasteiger partial charge on any atom is 0.117 e. The maximum atomic E-state index is 7.12. The first-order chi connectivity index (χ1) is 24.6. The number of H-pyrrole nitrogens is 1. The first-order valence-corrected chi connectivity index (χ1v) is 17.5. The molecule has 6 nitrogen and oxygen atoms in total. The summed E-state index contributed by atoms with van der Waals surface area (Å²) >= 11 is 6.75. The van der Waals surface area contributed by atoms with Gasteiger partial charge in [-0.1, -0.05) is 133 Å². The van der Waals surface area contributed by atoms with E-state index < -0.39 is 30.5 Å². The van der Waals surface area contributed by atoms with Gasteiger partial charge in [0.2, 0.25) is 0 Å². The van der Waals surface area contributed by atoms with E-state index in [0.29, 0.717) is 38.1 Å². The summed E-state index contributed by atoms with van der Waals surface area (Å²) in [7, 11) is 0. The van der Waals surface area contributed by atoms with Crippen LogP contribution in [0, 0.1) is 6.92 Å². The molecule has 5 atom stereocenters. The number of aromatic nitrogens is 1. The van der Waals surface area contributed by atoms with Crippen molar-refractivity contribution in [2.24, 2.45) is 0 Å². The van der Waals surface area contributed by atoms with Crippen molar-refractivity contribution in [2.45, 2.75) is 63.9 Å². The molecule has 0 radical (unpaired) electrons. The van der Waals surface area contributed by atoms with Gasteiger partial charge in [0.25, 0.3) is 0 Å². The minimum Gasteiger partial charge on any atom is -0.374 e. The van der Waals surface area contributed by atoms with Gasteiger partial charge in [0.15, 0.2) is 0 Å². The van der Waals surface area contributed by atoms with E-state index in [1.54, 1.807) is 0 Å². The van der Waals surface area contributed by atoms with E-state index in [-0.39, 0.29) is 0 Å². The van der Waals surface area contributed by atoms with Crippen LogP contribution in [0.15, 0.2) is 140 Å². The zero-order valence-corrected chi connectivity index (χ0v) is 28.9. The predicted octanol–water partition coefficient (Wildman–Crippen LogP) is 9.54. The highest BCUT2D eigenvalue weighted by Gasteiger charge is 2.49. The lowest BCUT2D eigenvalue weighted by molar-refractivity contribution is -0.274. The molecular weight excluding hydrogens is 646 g/mol. The van der Waals surface area contributed by atoms with Crippen LogP contribution in [0.3, 0.4) is 0 Å². The molecule has 5 aromatic carbocycles. The van der Waals surface area contributed by atoms with Crippen LogP contribution < -0.4 is 0 Å².